The van der Waals surface area contributed by atoms with E-state index in [0.29, 0.717) is 21.4 Å². The zero-order chi connectivity index (χ0) is 29.6. The molecule has 1 amide bonds. The van der Waals surface area contributed by atoms with Gasteiger partial charge in [0.25, 0.3) is 10.0 Å². The van der Waals surface area contributed by atoms with Crippen LogP contribution in [0.15, 0.2) is 100 Å². The molecule has 11 heteroatoms. The van der Waals surface area contributed by atoms with Gasteiger partial charge in [0.15, 0.2) is 0 Å². The zero-order valence-electron chi connectivity index (χ0n) is 22.6. The van der Waals surface area contributed by atoms with Crippen LogP contribution < -0.4 is 10.6 Å². The number of pyridine rings is 1. The minimum Gasteiger partial charge on any atom is -0.444 e. The van der Waals surface area contributed by atoms with Gasteiger partial charge in [0.1, 0.15) is 5.60 Å². The molecule has 0 saturated heterocycles. The van der Waals surface area contributed by atoms with E-state index in [1.807, 2.05) is 30.3 Å². The van der Waals surface area contributed by atoms with Crippen molar-refractivity contribution in [2.24, 2.45) is 4.40 Å². The summed E-state index contributed by atoms with van der Waals surface area (Å²) in [5, 5.41) is 6.51. The van der Waals surface area contributed by atoms with Crippen LogP contribution in [-0.2, 0) is 21.3 Å². The highest BCUT2D eigenvalue weighted by Gasteiger charge is 2.20. The lowest BCUT2D eigenvalue weighted by Crippen LogP contribution is -2.43. The average Bonchev–Trinajstić information content (AvgIpc) is 2.92. The first-order chi connectivity index (χ1) is 19.4. The average molecular weight is 612 g/mol. The molecule has 2 N–H and O–H groups in total. The maximum absolute atomic E-state index is 13.0. The maximum Gasteiger partial charge on any atom is 0.414 e. The third kappa shape index (κ3) is 8.53. The van der Waals surface area contributed by atoms with E-state index < -0.39 is 21.7 Å². The minimum atomic E-state index is -4.14. The van der Waals surface area contributed by atoms with E-state index in [1.165, 1.54) is 12.1 Å². The number of nitrogens with zero attached hydrogens (tertiary/aromatic N) is 2. The number of guanidine groups is 1. The van der Waals surface area contributed by atoms with Gasteiger partial charge in [-0.2, -0.15) is 8.42 Å². The van der Waals surface area contributed by atoms with Gasteiger partial charge in [0.2, 0.25) is 5.96 Å². The first-order valence-electron chi connectivity index (χ1n) is 12.6. The Labute approximate surface area is 249 Å². The van der Waals surface area contributed by atoms with Crippen LogP contribution in [0, 0.1) is 0 Å². The predicted molar refractivity (Wildman–Crippen MR) is 162 cm³/mol. The van der Waals surface area contributed by atoms with Crippen molar-refractivity contribution >= 4 is 45.3 Å². The number of sulfonamides is 1. The van der Waals surface area contributed by atoms with Gasteiger partial charge in [-0.1, -0.05) is 71.7 Å². The van der Waals surface area contributed by atoms with Crippen molar-refractivity contribution in [2.75, 3.05) is 0 Å². The van der Waals surface area contributed by atoms with Crippen molar-refractivity contribution in [3.8, 4) is 22.4 Å². The highest BCUT2D eigenvalue weighted by atomic mass is 35.5. The van der Waals surface area contributed by atoms with E-state index in [4.69, 9.17) is 32.9 Å². The molecule has 0 saturated carbocycles. The lowest BCUT2D eigenvalue weighted by Gasteiger charge is -2.20. The maximum atomic E-state index is 13.0. The number of amides is 1. The molecule has 212 valence electrons. The summed E-state index contributed by atoms with van der Waals surface area (Å²) in [6.45, 7) is 5.13. The fraction of sp³-hybridized carbons (Fsp3) is 0.167. The monoisotopic (exact) mass is 610 g/mol. The highest BCUT2D eigenvalue weighted by Crippen LogP contribution is 2.32. The molecule has 4 rings (SSSR count). The zero-order valence-corrected chi connectivity index (χ0v) is 24.9. The van der Waals surface area contributed by atoms with E-state index in [1.54, 1.807) is 69.3 Å². The van der Waals surface area contributed by atoms with Crippen molar-refractivity contribution < 1.29 is 17.9 Å². The molecule has 8 nitrogen and oxygen atoms in total. The molecule has 0 fully saturated rings. The number of hydrogen-bond donors (Lipinski definition) is 2. The summed E-state index contributed by atoms with van der Waals surface area (Å²) < 4.78 is 35.1. The fourth-order valence-corrected chi connectivity index (χ4v) is 4.94. The number of halogens is 2. The van der Waals surface area contributed by atoms with Crippen LogP contribution in [0.1, 0.15) is 26.5 Å². The second kappa shape index (κ2) is 12.7. The number of benzene rings is 3. The van der Waals surface area contributed by atoms with Gasteiger partial charge in [-0.05, 0) is 68.8 Å². The number of hydrogen-bond acceptors (Lipinski definition) is 5. The number of carbonyl (C=O) groups excluding carboxylic acids is 1. The summed E-state index contributed by atoms with van der Waals surface area (Å²) in [4.78, 5) is 17.3. The van der Waals surface area contributed by atoms with E-state index in [2.05, 4.69) is 15.0 Å². The number of nitrogens with one attached hydrogen (secondary N) is 2. The molecule has 41 heavy (non-hydrogen) atoms. The van der Waals surface area contributed by atoms with Gasteiger partial charge in [-0.15, -0.1) is 4.40 Å². The third-order valence-corrected chi connectivity index (χ3v) is 7.33. The lowest BCUT2D eigenvalue weighted by atomic mass is 9.99. The molecule has 0 radical (unpaired) electrons. The van der Waals surface area contributed by atoms with Gasteiger partial charge in [0, 0.05) is 21.2 Å². The van der Waals surface area contributed by atoms with Crippen LogP contribution in [0.3, 0.4) is 0 Å². The number of alkyl carbamates (subject to hydrolysis) is 1. The molecule has 0 atom stereocenters. The van der Waals surface area contributed by atoms with E-state index >= 15 is 0 Å². The van der Waals surface area contributed by atoms with Gasteiger partial charge >= 0.3 is 6.09 Å². The molecule has 0 aliphatic heterocycles. The normalized spacial score (nSPS) is 12.1. The summed E-state index contributed by atoms with van der Waals surface area (Å²) >= 11 is 12.2. The largest absolute Gasteiger partial charge is 0.444 e. The lowest BCUT2D eigenvalue weighted by molar-refractivity contribution is 0.0561. The Balaban J connectivity index is 1.67. The van der Waals surface area contributed by atoms with Gasteiger partial charge in [-0.3, -0.25) is 10.3 Å². The second-order valence-corrected chi connectivity index (χ2v) is 12.4. The third-order valence-electron chi connectivity index (χ3n) is 5.53. The van der Waals surface area contributed by atoms with Crippen molar-refractivity contribution in [3.63, 3.8) is 0 Å². The van der Waals surface area contributed by atoms with Crippen molar-refractivity contribution in [1.82, 2.24) is 15.6 Å². The number of ether oxygens (including phenoxy) is 1. The van der Waals surface area contributed by atoms with Crippen molar-refractivity contribution in [3.05, 3.63) is 107 Å². The van der Waals surface area contributed by atoms with Crippen LogP contribution in [0.5, 0.6) is 0 Å². The first-order valence-corrected chi connectivity index (χ1v) is 14.7. The molecule has 0 unspecified atom stereocenters. The molecular formula is C30H28Cl2N4O4S. The Bertz CT molecular complexity index is 1650. The summed E-state index contributed by atoms with van der Waals surface area (Å²) in [6, 6.07) is 26.1. The van der Waals surface area contributed by atoms with Crippen LogP contribution >= 0.6 is 23.2 Å². The topological polar surface area (TPSA) is 110 Å². The molecule has 0 bridgehead atoms. The fourth-order valence-electron chi connectivity index (χ4n) is 3.73. The summed E-state index contributed by atoms with van der Waals surface area (Å²) in [7, 11) is -4.14. The summed E-state index contributed by atoms with van der Waals surface area (Å²) in [5.41, 5.74) is 3.03. The Morgan fingerprint density at radius 3 is 2.02 bits per heavy atom. The predicted octanol–water partition coefficient (Wildman–Crippen LogP) is 7.08. The van der Waals surface area contributed by atoms with E-state index in [0.717, 1.165) is 16.7 Å². The molecule has 1 heterocycles. The Hall–Kier alpha value is -3.92. The molecule has 0 aliphatic rings. The first kappa shape index (κ1) is 30.0. The molecular weight excluding hydrogens is 583 g/mol. The minimum absolute atomic E-state index is 0.0271. The van der Waals surface area contributed by atoms with E-state index in [9.17, 15) is 13.2 Å². The molecule has 1 aromatic heterocycles. The second-order valence-electron chi connectivity index (χ2n) is 9.92. The number of rotatable bonds is 6. The smallest absolute Gasteiger partial charge is 0.414 e. The van der Waals surface area contributed by atoms with Crippen LogP contribution in [0.4, 0.5) is 4.79 Å². The molecule has 3 aromatic carbocycles. The number of aromatic nitrogens is 1. The van der Waals surface area contributed by atoms with Crippen molar-refractivity contribution in [2.45, 2.75) is 37.8 Å². The Morgan fingerprint density at radius 2 is 1.44 bits per heavy atom. The van der Waals surface area contributed by atoms with Crippen LogP contribution in [0.2, 0.25) is 10.0 Å². The molecule has 0 spiro atoms. The summed E-state index contributed by atoms with van der Waals surface area (Å²) in [6.07, 6.45) is -0.861. The van der Waals surface area contributed by atoms with Crippen LogP contribution in [-0.4, -0.2) is 31.1 Å². The molecule has 0 aliphatic carbocycles. The number of carbonyl (C=O) groups is 1. The highest BCUT2D eigenvalue weighted by molar-refractivity contribution is 7.90. The standard InChI is InChI=1S/C30H28Cl2N4O4S/c1-30(2,3)40-29(37)35-28(36-41(38,39)25-7-5-4-6-8-25)33-19-24-17-18-26(20-9-13-22(31)14-10-20)27(34-24)21-11-15-23(32)16-12-21/h4-18H,19H2,1-3H3,(H2,33,35,36,37). The Kier molecular flexibility index (Phi) is 9.32. The quantitative estimate of drug-likeness (QED) is 0.178. The SMILES string of the molecule is CC(C)(C)OC(=O)NC(=NS(=O)(=O)c1ccccc1)NCc1ccc(-c2ccc(Cl)cc2)c(-c2ccc(Cl)cc2)n1. The van der Waals surface area contributed by atoms with Gasteiger partial charge in [0.05, 0.1) is 22.8 Å². The summed E-state index contributed by atoms with van der Waals surface area (Å²) in [5.74, 6) is -0.306. The Morgan fingerprint density at radius 1 is 0.854 bits per heavy atom. The van der Waals surface area contributed by atoms with Gasteiger partial charge < -0.3 is 10.1 Å². The van der Waals surface area contributed by atoms with Gasteiger partial charge in [-0.25, -0.2) is 4.79 Å². The van der Waals surface area contributed by atoms with Crippen molar-refractivity contribution in [1.29, 1.82) is 0 Å². The van der Waals surface area contributed by atoms with E-state index in [-0.39, 0.29) is 17.4 Å². The molecule has 4 aromatic rings. The van der Waals surface area contributed by atoms with Crippen LogP contribution in [0.25, 0.3) is 22.4 Å².